The molecule has 0 amide bonds. The Labute approximate surface area is 164 Å². The Kier molecular flexibility index (Phi) is 5.02. The van der Waals surface area contributed by atoms with Crippen molar-refractivity contribution in [3.8, 4) is 11.4 Å². The molecule has 3 aromatic heterocycles. The molecule has 0 aliphatic heterocycles. The molecule has 0 aliphatic carbocycles. The Hall–Kier alpha value is -3.28. The number of aryl methyl sites for hydroxylation is 1. The summed E-state index contributed by atoms with van der Waals surface area (Å²) < 4.78 is 2.07. The summed E-state index contributed by atoms with van der Waals surface area (Å²) in [6, 6.07) is 14.7. The largest absolute Gasteiger partial charge is 0.368 e. The molecule has 0 fully saturated rings. The summed E-state index contributed by atoms with van der Waals surface area (Å²) in [4.78, 5) is 18.5. The normalized spacial score (nSPS) is 11.3. The molecule has 6 heteroatoms. The van der Waals surface area contributed by atoms with Gasteiger partial charge in [0.05, 0.1) is 6.33 Å². The molecule has 0 unspecified atom stereocenters. The third-order valence-electron chi connectivity index (χ3n) is 4.70. The van der Waals surface area contributed by atoms with Gasteiger partial charge in [0, 0.05) is 30.0 Å². The van der Waals surface area contributed by atoms with Crippen LogP contribution in [-0.2, 0) is 6.42 Å². The van der Waals surface area contributed by atoms with Crippen LogP contribution in [0.2, 0.25) is 0 Å². The molecular formula is C22H24N6. The zero-order valence-electron chi connectivity index (χ0n) is 16.4. The minimum Gasteiger partial charge on any atom is -0.368 e. The van der Waals surface area contributed by atoms with Crippen molar-refractivity contribution in [1.82, 2.24) is 24.5 Å². The standard InChI is InChI=1S/C22H24N6/c1-15(2)28-14-25-19-21(23-12-11-17-7-5-4-6-8-17)26-20(27-22(19)28)18-10-9-16(3)24-13-18/h4-10,13-15H,11-12H2,1-3H3,(H,23,26,27). The van der Waals surface area contributed by atoms with E-state index in [1.165, 1.54) is 5.56 Å². The first-order valence-electron chi connectivity index (χ1n) is 9.57. The molecule has 4 rings (SSSR count). The van der Waals surface area contributed by atoms with Crippen molar-refractivity contribution in [3.63, 3.8) is 0 Å². The number of nitrogens with zero attached hydrogens (tertiary/aromatic N) is 5. The molecule has 142 valence electrons. The second-order valence-corrected chi connectivity index (χ2v) is 7.16. The first-order valence-corrected chi connectivity index (χ1v) is 9.57. The lowest BCUT2D eigenvalue weighted by atomic mass is 10.1. The highest BCUT2D eigenvalue weighted by atomic mass is 15.2. The molecule has 1 N–H and O–H groups in total. The van der Waals surface area contributed by atoms with Crippen LogP contribution in [0.5, 0.6) is 0 Å². The molecule has 0 saturated heterocycles. The molecule has 0 bridgehead atoms. The van der Waals surface area contributed by atoms with E-state index in [2.05, 4.69) is 58.0 Å². The van der Waals surface area contributed by atoms with Crippen LogP contribution in [0.15, 0.2) is 55.0 Å². The zero-order valence-corrected chi connectivity index (χ0v) is 16.4. The molecule has 6 nitrogen and oxygen atoms in total. The van der Waals surface area contributed by atoms with Gasteiger partial charge in [0.15, 0.2) is 17.3 Å². The molecular weight excluding hydrogens is 348 g/mol. The Balaban J connectivity index is 1.70. The van der Waals surface area contributed by atoms with Crippen LogP contribution in [0.1, 0.15) is 31.1 Å². The number of hydrogen-bond acceptors (Lipinski definition) is 5. The minimum absolute atomic E-state index is 0.265. The van der Waals surface area contributed by atoms with Gasteiger partial charge in [0.25, 0.3) is 0 Å². The van der Waals surface area contributed by atoms with Gasteiger partial charge in [-0.2, -0.15) is 0 Å². The predicted octanol–water partition coefficient (Wildman–Crippen LogP) is 4.43. The van der Waals surface area contributed by atoms with Gasteiger partial charge in [-0.15, -0.1) is 0 Å². The Bertz CT molecular complexity index is 1070. The fourth-order valence-electron chi connectivity index (χ4n) is 3.12. The number of pyridine rings is 1. The van der Waals surface area contributed by atoms with E-state index in [4.69, 9.17) is 9.97 Å². The molecule has 0 saturated carbocycles. The third kappa shape index (κ3) is 3.71. The lowest BCUT2D eigenvalue weighted by Crippen LogP contribution is -2.09. The summed E-state index contributed by atoms with van der Waals surface area (Å²) in [7, 11) is 0. The van der Waals surface area contributed by atoms with Crippen LogP contribution in [0, 0.1) is 6.92 Å². The van der Waals surface area contributed by atoms with Crippen LogP contribution >= 0.6 is 0 Å². The Morgan fingerprint density at radius 1 is 1.00 bits per heavy atom. The number of rotatable bonds is 6. The number of fused-ring (bicyclic) bond motifs is 1. The van der Waals surface area contributed by atoms with Gasteiger partial charge in [-0.25, -0.2) is 15.0 Å². The number of aromatic nitrogens is 5. The van der Waals surface area contributed by atoms with E-state index in [1.54, 1.807) is 0 Å². The van der Waals surface area contributed by atoms with Gasteiger partial charge >= 0.3 is 0 Å². The van der Waals surface area contributed by atoms with Crippen LogP contribution < -0.4 is 5.32 Å². The van der Waals surface area contributed by atoms with Crippen molar-refractivity contribution in [3.05, 3.63) is 66.2 Å². The number of imidazole rings is 1. The second kappa shape index (κ2) is 7.76. The fraction of sp³-hybridized carbons (Fsp3) is 0.273. The van der Waals surface area contributed by atoms with Gasteiger partial charge in [-0.1, -0.05) is 30.3 Å². The maximum absolute atomic E-state index is 4.79. The van der Waals surface area contributed by atoms with Crippen molar-refractivity contribution >= 4 is 17.0 Å². The van der Waals surface area contributed by atoms with E-state index in [0.29, 0.717) is 5.82 Å². The first-order chi connectivity index (χ1) is 13.6. The quantitative estimate of drug-likeness (QED) is 0.542. The SMILES string of the molecule is Cc1ccc(-c2nc(NCCc3ccccc3)c3ncn(C(C)C)c3n2)cn1. The highest BCUT2D eigenvalue weighted by molar-refractivity contribution is 5.85. The van der Waals surface area contributed by atoms with Gasteiger partial charge in [0.2, 0.25) is 0 Å². The van der Waals surface area contributed by atoms with Gasteiger partial charge in [0.1, 0.15) is 5.52 Å². The molecule has 0 atom stereocenters. The first kappa shape index (κ1) is 18.1. The third-order valence-corrected chi connectivity index (χ3v) is 4.70. The summed E-state index contributed by atoms with van der Waals surface area (Å²) in [6.45, 7) is 6.99. The van der Waals surface area contributed by atoms with Crippen molar-refractivity contribution < 1.29 is 0 Å². The molecule has 0 spiro atoms. The summed E-state index contributed by atoms with van der Waals surface area (Å²) in [6.07, 6.45) is 4.57. The van der Waals surface area contributed by atoms with Gasteiger partial charge < -0.3 is 9.88 Å². The van der Waals surface area contributed by atoms with Gasteiger partial charge in [-0.05, 0) is 44.9 Å². The van der Waals surface area contributed by atoms with E-state index < -0.39 is 0 Å². The maximum Gasteiger partial charge on any atom is 0.166 e. The van der Waals surface area contributed by atoms with Crippen molar-refractivity contribution in [1.29, 1.82) is 0 Å². The van der Waals surface area contributed by atoms with Gasteiger partial charge in [-0.3, -0.25) is 4.98 Å². The predicted molar refractivity (Wildman–Crippen MR) is 112 cm³/mol. The van der Waals surface area contributed by atoms with E-state index >= 15 is 0 Å². The summed E-state index contributed by atoms with van der Waals surface area (Å²) >= 11 is 0. The lowest BCUT2D eigenvalue weighted by Gasteiger charge is -2.11. The summed E-state index contributed by atoms with van der Waals surface area (Å²) in [5.41, 5.74) is 4.79. The second-order valence-electron chi connectivity index (χ2n) is 7.16. The average molecular weight is 372 g/mol. The Morgan fingerprint density at radius 3 is 2.54 bits per heavy atom. The smallest absolute Gasteiger partial charge is 0.166 e. The average Bonchev–Trinajstić information content (AvgIpc) is 3.14. The van der Waals surface area contributed by atoms with Crippen LogP contribution in [-0.4, -0.2) is 31.0 Å². The molecule has 3 heterocycles. The van der Waals surface area contributed by atoms with Crippen molar-refractivity contribution in [2.75, 3.05) is 11.9 Å². The Morgan fingerprint density at radius 2 is 1.82 bits per heavy atom. The number of nitrogens with one attached hydrogen (secondary N) is 1. The lowest BCUT2D eigenvalue weighted by molar-refractivity contribution is 0.613. The maximum atomic E-state index is 4.79. The highest BCUT2D eigenvalue weighted by Crippen LogP contribution is 2.25. The van der Waals surface area contributed by atoms with E-state index in [0.717, 1.165) is 41.2 Å². The molecule has 4 aromatic rings. The molecule has 1 aromatic carbocycles. The summed E-state index contributed by atoms with van der Waals surface area (Å²) in [5, 5.41) is 3.46. The minimum atomic E-state index is 0.265. The molecule has 0 radical (unpaired) electrons. The highest BCUT2D eigenvalue weighted by Gasteiger charge is 2.15. The zero-order chi connectivity index (χ0) is 19.5. The van der Waals surface area contributed by atoms with E-state index in [9.17, 15) is 0 Å². The van der Waals surface area contributed by atoms with Crippen LogP contribution in [0.25, 0.3) is 22.6 Å². The molecule has 0 aliphatic rings. The van der Waals surface area contributed by atoms with Crippen molar-refractivity contribution in [2.24, 2.45) is 0 Å². The number of anilines is 1. The van der Waals surface area contributed by atoms with Crippen LogP contribution in [0.3, 0.4) is 0 Å². The monoisotopic (exact) mass is 372 g/mol. The molecule has 28 heavy (non-hydrogen) atoms. The topological polar surface area (TPSA) is 68.5 Å². The van der Waals surface area contributed by atoms with E-state index in [1.807, 2.05) is 37.6 Å². The van der Waals surface area contributed by atoms with E-state index in [-0.39, 0.29) is 6.04 Å². The summed E-state index contributed by atoms with van der Waals surface area (Å²) in [5.74, 6) is 1.42. The van der Waals surface area contributed by atoms with Crippen molar-refractivity contribution in [2.45, 2.75) is 33.2 Å². The fourth-order valence-corrected chi connectivity index (χ4v) is 3.12. The number of benzene rings is 1. The van der Waals surface area contributed by atoms with Crippen LogP contribution in [0.4, 0.5) is 5.82 Å². The number of hydrogen-bond donors (Lipinski definition) is 1.